The Balaban J connectivity index is 2.53. The number of ether oxygens (including phenoxy) is 1. The van der Waals surface area contributed by atoms with E-state index in [0.29, 0.717) is 0 Å². The van der Waals surface area contributed by atoms with E-state index in [0.717, 1.165) is 6.07 Å². The Hall–Kier alpha value is -2.34. The fourth-order valence-corrected chi connectivity index (χ4v) is 2.04. The van der Waals surface area contributed by atoms with Crippen LogP contribution in [0.4, 0.5) is 25.8 Å². The number of nitrogen functional groups attached to an aromatic ring is 1. The summed E-state index contributed by atoms with van der Waals surface area (Å²) in [5.74, 6) is -2.81. The number of hydrogen-bond acceptors (Lipinski definition) is 4. The largest absolute Gasteiger partial charge is 0.465 e. The van der Waals surface area contributed by atoms with Crippen LogP contribution in [0.5, 0.6) is 0 Å². The molecule has 0 aromatic heterocycles. The first-order valence-corrected chi connectivity index (χ1v) is 6.20. The number of methoxy groups -OCH3 is 1. The molecule has 0 aliphatic heterocycles. The standard InChI is InChI=1S/C14H11ClF2N2O2/c1-21-14(20)8-5-7(18)6-9(15)13(8)19-11-4-2-3-10(16)12(11)17/h2-6,19H,18H2,1H3. The molecule has 0 radical (unpaired) electrons. The van der Waals surface area contributed by atoms with Gasteiger partial charge in [-0.1, -0.05) is 17.7 Å². The average Bonchev–Trinajstić information content (AvgIpc) is 2.45. The van der Waals surface area contributed by atoms with Gasteiger partial charge in [-0.25, -0.2) is 13.6 Å². The van der Waals surface area contributed by atoms with Gasteiger partial charge in [0.1, 0.15) is 0 Å². The molecular formula is C14H11ClF2N2O2. The predicted molar refractivity (Wildman–Crippen MR) is 76.8 cm³/mol. The summed E-state index contributed by atoms with van der Waals surface area (Å²) in [5.41, 5.74) is 5.80. The van der Waals surface area contributed by atoms with E-state index >= 15 is 0 Å². The average molecular weight is 313 g/mol. The van der Waals surface area contributed by atoms with E-state index in [4.69, 9.17) is 17.3 Å². The molecule has 0 spiro atoms. The summed E-state index contributed by atoms with van der Waals surface area (Å²) in [6.45, 7) is 0. The van der Waals surface area contributed by atoms with Crippen molar-refractivity contribution in [3.8, 4) is 0 Å². The summed E-state index contributed by atoms with van der Waals surface area (Å²) in [4.78, 5) is 11.7. The van der Waals surface area contributed by atoms with E-state index in [1.54, 1.807) is 0 Å². The first-order chi connectivity index (χ1) is 9.93. The van der Waals surface area contributed by atoms with Crippen molar-refractivity contribution < 1.29 is 18.3 Å². The maximum absolute atomic E-state index is 13.7. The third-order valence-electron chi connectivity index (χ3n) is 2.73. The normalized spacial score (nSPS) is 10.3. The van der Waals surface area contributed by atoms with Crippen LogP contribution in [0.1, 0.15) is 10.4 Å². The second-order valence-corrected chi connectivity index (χ2v) is 4.55. The van der Waals surface area contributed by atoms with E-state index in [-0.39, 0.29) is 27.6 Å². The third-order valence-corrected chi connectivity index (χ3v) is 3.03. The van der Waals surface area contributed by atoms with Crippen molar-refractivity contribution in [3.63, 3.8) is 0 Å². The summed E-state index contributed by atoms with van der Waals surface area (Å²) >= 11 is 6.01. The van der Waals surface area contributed by atoms with Gasteiger partial charge in [-0.05, 0) is 24.3 Å². The highest BCUT2D eigenvalue weighted by atomic mass is 35.5. The minimum atomic E-state index is -1.08. The number of nitrogens with two attached hydrogens (primary N) is 1. The van der Waals surface area contributed by atoms with E-state index in [9.17, 15) is 13.6 Å². The van der Waals surface area contributed by atoms with Gasteiger partial charge in [0, 0.05) is 5.69 Å². The van der Waals surface area contributed by atoms with Crippen LogP contribution in [0, 0.1) is 11.6 Å². The highest BCUT2D eigenvalue weighted by molar-refractivity contribution is 6.34. The Morgan fingerprint density at radius 1 is 1.33 bits per heavy atom. The lowest BCUT2D eigenvalue weighted by molar-refractivity contribution is 0.0602. The van der Waals surface area contributed by atoms with Crippen LogP contribution in [-0.4, -0.2) is 13.1 Å². The lowest BCUT2D eigenvalue weighted by atomic mass is 10.1. The second kappa shape index (κ2) is 5.97. The second-order valence-electron chi connectivity index (χ2n) is 4.14. The summed E-state index contributed by atoms with van der Waals surface area (Å²) < 4.78 is 31.5. The van der Waals surface area contributed by atoms with Gasteiger partial charge in [0.15, 0.2) is 11.6 Å². The molecule has 0 unspecified atom stereocenters. The fourth-order valence-electron chi connectivity index (χ4n) is 1.76. The van der Waals surface area contributed by atoms with Crippen molar-refractivity contribution in [2.24, 2.45) is 0 Å². The lowest BCUT2D eigenvalue weighted by Gasteiger charge is -2.14. The molecule has 0 saturated carbocycles. The van der Waals surface area contributed by atoms with Crippen LogP contribution in [0.2, 0.25) is 5.02 Å². The van der Waals surface area contributed by atoms with E-state index in [1.165, 1.54) is 31.4 Å². The van der Waals surface area contributed by atoms with Crippen molar-refractivity contribution in [2.45, 2.75) is 0 Å². The molecule has 2 aromatic rings. The zero-order valence-corrected chi connectivity index (χ0v) is 11.7. The molecule has 110 valence electrons. The van der Waals surface area contributed by atoms with Crippen molar-refractivity contribution in [1.29, 1.82) is 0 Å². The van der Waals surface area contributed by atoms with Crippen molar-refractivity contribution in [2.75, 3.05) is 18.2 Å². The number of nitrogens with one attached hydrogen (secondary N) is 1. The van der Waals surface area contributed by atoms with Crippen LogP contribution in [0.25, 0.3) is 0 Å². The number of esters is 1. The number of benzene rings is 2. The number of carbonyl (C=O) groups is 1. The Morgan fingerprint density at radius 2 is 2.05 bits per heavy atom. The van der Waals surface area contributed by atoms with Crippen LogP contribution >= 0.6 is 11.6 Å². The van der Waals surface area contributed by atoms with Gasteiger partial charge < -0.3 is 15.8 Å². The van der Waals surface area contributed by atoms with Gasteiger partial charge in [0.2, 0.25) is 0 Å². The molecular weight excluding hydrogens is 302 g/mol. The molecule has 2 aromatic carbocycles. The maximum atomic E-state index is 13.7. The topological polar surface area (TPSA) is 64.3 Å². The SMILES string of the molecule is COC(=O)c1cc(N)cc(Cl)c1Nc1cccc(F)c1F. The summed E-state index contributed by atoms with van der Waals surface area (Å²) in [7, 11) is 1.19. The molecule has 4 nitrogen and oxygen atoms in total. The van der Waals surface area contributed by atoms with Crippen molar-refractivity contribution in [3.05, 3.63) is 52.6 Å². The minimum Gasteiger partial charge on any atom is -0.465 e. The van der Waals surface area contributed by atoms with Crippen molar-refractivity contribution >= 4 is 34.6 Å². The number of rotatable bonds is 3. The predicted octanol–water partition coefficient (Wildman–Crippen LogP) is 3.73. The quantitative estimate of drug-likeness (QED) is 0.669. The molecule has 3 N–H and O–H groups in total. The summed E-state index contributed by atoms with van der Waals surface area (Å²) in [5, 5.41) is 2.67. The Labute approximate surface area is 124 Å². The molecule has 7 heteroatoms. The Morgan fingerprint density at radius 3 is 2.71 bits per heavy atom. The van der Waals surface area contributed by atoms with Crippen LogP contribution in [0.3, 0.4) is 0 Å². The summed E-state index contributed by atoms with van der Waals surface area (Å²) in [6.07, 6.45) is 0. The van der Waals surface area contributed by atoms with Crippen molar-refractivity contribution in [1.82, 2.24) is 0 Å². The first kappa shape index (κ1) is 15.1. The Kier molecular flexibility index (Phi) is 4.28. The first-order valence-electron chi connectivity index (χ1n) is 5.82. The highest BCUT2D eigenvalue weighted by Crippen LogP contribution is 2.33. The molecule has 0 saturated heterocycles. The van der Waals surface area contributed by atoms with Crippen LogP contribution in [0.15, 0.2) is 30.3 Å². The molecule has 0 bridgehead atoms. The molecule has 2 rings (SSSR count). The zero-order chi connectivity index (χ0) is 15.6. The van der Waals surface area contributed by atoms with Gasteiger partial charge in [0.25, 0.3) is 0 Å². The highest BCUT2D eigenvalue weighted by Gasteiger charge is 2.18. The minimum absolute atomic E-state index is 0.0196. The van der Waals surface area contributed by atoms with Gasteiger partial charge in [-0.3, -0.25) is 0 Å². The van der Waals surface area contributed by atoms with Gasteiger partial charge in [-0.2, -0.15) is 0 Å². The molecule has 0 amide bonds. The number of carbonyl (C=O) groups excluding carboxylic acids is 1. The number of halogens is 3. The van der Waals surface area contributed by atoms with Crippen LogP contribution < -0.4 is 11.1 Å². The van der Waals surface area contributed by atoms with E-state index < -0.39 is 17.6 Å². The molecule has 0 heterocycles. The number of hydrogen-bond donors (Lipinski definition) is 2. The number of anilines is 3. The van der Waals surface area contributed by atoms with E-state index in [1.807, 2.05) is 0 Å². The molecule has 0 aliphatic carbocycles. The monoisotopic (exact) mass is 312 g/mol. The molecule has 21 heavy (non-hydrogen) atoms. The zero-order valence-electron chi connectivity index (χ0n) is 10.9. The van der Waals surface area contributed by atoms with Crippen LogP contribution in [-0.2, 0) is 4.74 Å². The third kappa shape index (κ3) is 3.05. The molecule has 0 aliphatic rings. The Bertz CT molecular complexity index is 708. The lowest BCUT2D eigenvalue weighted by Crippen LogP contribution is -2.08. The fraction of sp³-hybridized carbons (Fsp3) is 0.0714. The van der Waals surface area contributed by atoms with Gasteiger partial charge >= 0.3 is 5.97 Å². The van der Waals surface area contributed by atoms with E-state index in [2.05, 4.69) is 10.1 Å². The maximum Gasteiger partial charge on any atom is 0.340 e. The smallest absolute Gasteiger partial charge is 0.340 e. The summed E-state index contributed by atoms with van der Waals surface area (Å²) in [6, 6.07) is 6.33. The van der Waals surface area contributed by atoms with Gasteiger partial charge in [-0.15, -0.1) is 0 Å². The van der Waals surface area contributed by atoms with Gasteiger partial charge in [0.05, 0.1) is 29.1 Å². The molecule has 0 fully saturated rings. The molecule has 0 atom stereocenters.